The van der Waals surface area contributed by atoms with E-state index >= 15 is 0 Å². The first-order valence-corrected chi connectivity index (χ1v) is 6.23. The van der Waals surface area contributed by atoms with Crippen LogP contribution in [0.25, 0.3) is 0 Å². The molecule has 0 spiro atoms. The van der Waals surface area contributed by atoms with Gasteiger partial charge in [-0.1, -0.05) is 18.5 Å². The van der Waals surface area contributed by atoms with Crippen molar-refractivity contribution in [1.82, 2.24) is 4.90 Å². The molecule has 1 atom stereocenters. The summed E-state index contributed by atoms with van der Waals surface area (Å²) in [6.07, 6.45) is 0.512. The first-order valence-electron chi connectivity index (χ1n) is 5.85. The standard InChI is InChI=1S/C13H16ClNO2/c1-3-6-15-8-10-7-11(14)4-5-12(10)17-9(2)13(15)16/h4-5,7,9H,3,6,8H2,1-2H3. The Morgan fingerprint density at radius 2 is 2.29 bits per heavy atom. The molecule has 0 fully saturated rings. The summed E-state index contributed by atoms with van der Waals surface area (Å²) in [5.74, 6) is 0.799. The van der Waals surface area contributed by atoms with Crippen LogP contribution in [0.15, 0.2) is 18.2 Å². The van der Waals surface area contributed by atoms with Gasteiger partial charge in [0.2, 0.25) is 0 Å². The van der Waals surface area contributed by atoms with Gasteiger partial charge in [0.15, 0.2) is 6.10 Å². The number of carbonyl (C=O) groups excluding carboxylic acids is 1. The highest BCUT2D eigenvalue weighted by Gasteiger charge is 2.27. The van der Waals surface area contributed by atoms with Gasteiger partial charge in [-0.05, 0) is 31.5 Å². The Morgan fingerprint density at radius 3 is 3.00 bits per heavy atom. The summed E-state index contributed by atoms with van der Waals surface area (Å²) < 4.78 is 5.65. The summed E-state index contributed by atoms with van der Waals surface area (Å²) in [6.45, 7) is 5.17. The number of nitrogens with zero attached hydrogens (tertiary/aromatic N) is 1. The number of hydrogen-bond acceptors (Lipinski definition) is 2. The van der Waals surface area contributed by atoms with Crippen molar-refractivity contribution in [2.45, 2.75) is 32.9 Å². The van der Waals surface area contributed by atoms with Crippen molar-refractivity contribution >= 4 is 17.5 Å². The minimum Gasteiger partial charge on any atom is -0.481 e. The van der Waals surface area contributed by atoms with Crippen LogP contribution >= 0.6 is 11.6 Å². The SMILES string of the molecule is CCCN1Cc2cc(Cl)ccc2OC(C)C1=O. The minimum atomic E-state index is -0.427. The lowest BCUT2D eigenvalue weighted by atomic mass is 10.2. The first kappa shape index (κ1) is 12.2. The fraction of sp³-hybridized carbons (Fsp3) is 0.462. The normalized spacial score (nSPS) is 19.6. The smallest absolute Gasteiger partial charge is 0.263 e. The van der Waals surface area contributed by atoms with Gasteiger partial charge in [0.1, 0.15) is 5.75 Å². The summed E-state index contributed by atoms with van der Waals surface area (Å²) in [5.41, 5.74) is 0.976. The molecule has 0 aliphatic carbocycles. The number of benzene rings is 1. The lowest BCUT2D eigenvalue weighted by molar-refractivity contribution is -0.137. The molecular formula is C13H16ClNO2. The van der Waals surface area contributed by atoms with E-state index < -0.39 is 6.10 Å². The quantitative estimate of drug-likeness (QED) is 0.811. The molecule has 1 unspecified atom stereocenters. The number of carbonyl (C=O) groups is 1. The van der Waals surface area contributed by atoms with Crippen molar-refractivity contribution < 1.29 is 9.53 Å². The van der Waals surface area contributed by atoms with E-state index in [1.54, 1.807) is 13.0 Å². The van der Waals surface area contributed by atoms with Gasteiger partial charge in [-0.2, -0.15) is 0 Å². The van der Waals surface area contributed by atoms with Gasteiger partial charge in [-0.25, -0.2) is 0 Å². The molecule has 4 heteroatoms. The molecule has 92 valence electrons. The zero-order valence-corrected chi connectivity index (χ0v) is 10.8. The maximum Gasteiger partial charge on any atom is 0.263 e. The molecule has 1 aliphatic heterocycles. The third-order valence-electron chi connectivity index (χ3n) is 2.84. The fourth-order valence-electron chi connectivity index (χ4n) is 2.03. The maximum atomic E-state index is 12.1. The van der Waals surface area contributed by atoms with E-state index in [0.29, 0.717) is 11.6 Å². The molecule has 0 aromatic heterocycles. The highest BCUT2D eigenvalue weighted by atomic mass is 35.5. The van der Waals surface area contributed by atoms with E-state index in [9.17, 15) is 4.79 Å². The number of amides is 1. The minimum absolute atomic E-state index is 0.0409. The third kappa shape index (κ3) is 2.55. The molecule has 17 heavy (non-hydrogen) atoms. The maximum absolute atomic E-state index is 12.1. The second-order valence-electron chi connectivity index (χ2n) is 4.27. The zero-order chi connectivity index (χ0) is 12.4. The average Bonchev–Trinajstić information content (AvgIpc) is 2.40. The number of hydrogen-bond donors (Lipinski definition) is 0. The lowest BCUT2D eigenvalue weighted by Crippen LogP contribution is -2.38. The Balaban J connectivity index is 2.34. The van der Waals surface area contributed by atoms with Crippen LogP contribution < -0.4 is 4.74 Å². The predicted molar refractivity (Wildman–Crippen MR) is 67.3 cm³/mol. The Labute approximate surface area is 106 Å². The summed E-state index contributed by atoms with van der Waals surface area (Å²) in [4.78, 5) is 13.9. The molecule has 0 N–H and O–H groups in total. The third-order valence-corrected chi connectivity index (χ3v) is 3.08. The van der Waals surface area contributed by atoms with E-state index in [0.717, 1.165) is 24.3 Å². The van der Waals surface area contributed by atoms with Crippen molar-refractivity contribution in [3.8, 4) is 5.75 Å². The molecule has 1 aromatic carbocycles. The van der Waals surface area contributed by atoms with Crippen LogP contribution in [0.4, 0.5) is 0 Å². The topological polar surface area (TPSA) is 29.5 Å². The van der Waals surface area contributed by atoms with Gasteiger partial charge < -0.3 is 9.64 Å². The van der Waals surface area contributed by atoms with Crippen molar-refractivity contribution in [3.05, 3.63) is 28.8 Å². The predicted octanol–water partition coefficient (Wildman–Crippen LogP) is 2.86. The second kappa shape index (κ2) is 4.96. The number of rotatable bonds is 2. The summed E-state index contributed by atoms with van der Waals surface area (Å²) >= 11 is 5.97. The largest absolute Gasteiger partial charge is 0.481 e. The van der Waals surface area contributed by atoms with Crippen LogP contribution in [0.1, 0.15) is 25.8 Å². The molecule has 1 aromatic rings. The first-order chi connectivity index (χ1) is 8.11. The summed E-state index contributed by atoms with van der Waals surface area (Å²) in [7, 11) is 0. The molecular weight excluding hydrogens is 238 g/mol. The molecule has 0 saturated carbocycles. The van der Waals surface area contributed by atoms with Crippen LogP contribution in [0.5, 0.6) is 5.75 Å². The molecule has 1 amide bonds. The van der Waals surface area contributed by atoms with Crippen molar-refractivity contribution in [1.29, 1.82) is 0 Å². The highest BCUT2D eigenvalue weighted by molar-refractivity contribution is 6.30. The Hall–Kier alpha value is -1.22. The monoisotopic (exact) mass is 253 g/mol. The summed E-state index contributed by atoms with van der Waals surface area (Å²) in [6, 6.07) is 5.48. The van der Waals surface area contributed by atoms with Crippen LogP contribution in [-0.2, 0) is 11.3 Å². The van der Waals surface area contributed by atoms with Gasteiger partial charge in [0.05, 0.1) is 0 Å². The van der Waals surface area contributed by atoms with E-state index in [2.05, 4.69) is 6.92 Å². The van der Waals surface area contributed by atoms with E-state index in [1.807, 2.05) is 17.0 Å². The van der Waals surface area contributed by atoms with Gasteiger partial charge in [-0.15, -0.1) is 0 Å². The Morgan fingerprint density at radius 1 is 1.53 bits per heavy atom. The molecule has 0 bridgehead atoms. The van der Waals surface area contributed by atoms with E-state index in [1.165, 1.54) is 0 Å². The van der Waals surface area contributed by atoms with E-state index in [4.69, 9.17) is 16.3 Å². The van der Waals surface area contributed by atoms with Crippen LogP contribution in [0.3, 0.4) is 0 Å². The Bertz CT molecular complexity index is 433. The lowest BCUT2D eigenvalue weighted by Gasteiger charge is -2.21. The molecule has 2 rings (SSSR count). The highest BCUT2D eigenvalue weighted by Crippen LogP contribution is 2.28. The van der Waals surface area contributed by atoms with Crippen molar-refractivity contribution in [2.75, 3.05) is 6.54 Å². The van der Waals surface area contributed by atoms with Gasteiger partial charge in [-0.3, -0.25) is 4.79 Å². The second-order valence-corrected chi connectivity index (χ2v) is 4.71. The van der Waals surface area contributed by atoms with Crippen LogP contribution in [0, 0.1) is 0 Å². The number of fused-ring (bicyclic) bond motifs is 1. The van der Waals surface area contributed by atoms with Gasteiger partial charge >= 0.3 is 0 Å². The van der Waals surface area contributed by atoms with Gasteiger partial charge in [0.25, 0.3) is 5.91 Å². The van der Waals surface area contributed by atoms with Crippen molar-refractivity contribution in [2.24, 2.45) is 0 Å². The fourth-order valence-corrected chi connectivity index (χ4v) is 2.22. The zero-order valence-electron chi connectivity index (χ0n) is 10.1. The Kier molecular flexibility index (Phi) is 3.57. The van der Waals surface area contributed by atoms with E-state index in [-0.39, 0.29) is 5.91 Å². The summed E-state index contributed by atoms with van der Waals surface area (Å²) in [5, 5.41) is 0.672. The number of halogens is 1. The van der Waals surface area contributed by atoms with Crippen LogP contribution in [0.2, 0.25) is 5.02 Å². The molecule has 1 aliphatic rings. The molecule has 1 heterocycles. The molecule has 0 saturated heterocycles. The van der Waals surface area contributed by atoms with Crippen molar-refractivity contribution in [3.63, 3.8) is 0 Å². The number of ether oxygens (including phenoxy) is 1. The van der Waals surface area contributed by atoms with Crippen LogP contribution in [-0.4, -0.2) is 23.5 Å². The molecule has 3 nitrogen and oxygen atoms in total. The van der Waals surface area contributed by atoms with Gasteiger partial charge in [0, 0.05) is 23.7 Å². The average molecular weight is 254 g/mol. The molecule has 0 radical (unpaired) electrons.